The number of hydrogen-bond donors (Lipinski definition) is 1. The Hall–Kier alpha value is -2.44. The van der Waals surface area contributed by atoms with Gasteiger partial charge in [-0.2, -0.15) is 0 Å². The molecule has 1 aliphatic rings. The number of fused-ring (bicyclic) bond motifs is 1. The van der Waals surface area contributed by atoms with Crippen LogP contribution in [0.3, 0.4) is 0 Å². The molecule has 1 fully saturated rings. The third kappa shape index (κ3) is 2.35. The van der Waals surface area contributed by atoms with Gasteiger partial charge in [-0.05, 0) is 25.0 Å². The predicted octanol–water partition coefficient (Wildman–Crippen LogP) is 0.629. The maximum Gasteiger partial charge on any atom is 0.308 e. The molecule has 0 amide bonds. The zero-order chi connectivity index (χ0) is 15.0. The number of rotatable bonds is 2. The van der Waals surface area contributed by atoms with Gasteiger partial charge in [0.25, 0.3) is 5.56 Å². The van der Waals surface area contributed by atoms with Crippen LogP contribution < -0.4 is 10.5 Å². The molecule has 1 saturated heterocycles. The van der Waals surface area contributed by atoms with Crippen LogP contribution in [-0.2, 0) is 11.8 Å². The van der Waals surface area contributed by atoms with Crippen molar-refractivity contribution in [3.63, 3.8) is 0 Å². The van der Waals surface area contributed by atoms with Crippen LogP contribution >= 0.6 is 0 Å². The summed E-state index contributed by atoms with van der Waals surface area (Å²) in [6.07, 6.45) is 3.00. The topological polar surface area (TPSA) is 88.3 Å². The zero-order valence-corrected chi connectivity index (χ0v) is 11.7. The summed E-state index contributed by atoms with van der Waals surface area (Å²) in [5.74, 6) is -0.960. The van der Waals surface area contributed by atoms with Gasteiger partial charge in [-0.1, -0.05) is 0 Å². The lowest BCUT2D eigenvalue weighted by atomic mass is 9.98. The minimum absolute atomic E-state index is 0.243. The first-order chi connectivity index (χ1) is 10.1. The summed E-state index contributed by atoms with van der Waals surface area (Å²) in [4.78, 5) is 33.9. The summed E-state index contributed by atoms with van der Waals surface area (Å²) < 4.78 is 1.46. The number of aryl methyl sites for hydroxylation is 1. The molecule has 0 spiro atoms. The van der Waals surface area contributed by atoms with Crippen molar-refractivity contribution in [3.05, 3.63) is 28.7 Å². The molecule has 0 aromatic carbocycles. The van der Waals surface area contributed by atoms with Gasteiger partial charge >= 0.3 is 5.97 Å². The van der Waals surface area contributed by atoms with Gasteiger partial charge in [0.2, 0.25) is 0 Å². The lowest BCUT2D eigenvalue weighted by Crippen LogP contribution is -2.42. The minimum atomic E-state index is -0.820. The summed E-state index contributed by atoms with van der Waals surface area (Å²) >= 11 is 0. The third-order valence-corrected chi connectivity index (χ3v) is 3.88. The minimum Gasteiger partial charge on any atom is -0.481 e. The quantitative estimate of drug-likeness (QED) is 0.872. The van der Waals surface area contributed by atoms with E-state index < -0.39 is 11.9 Å². The maximum absolute atomic E-state index is 12.4. The summed E-state index contributed by atoms with van der Waals surface area (Å²) in [6.45, 7) is 0.973. The van der Waals surface area contributed by atoms with Crippen molar-refractivity contribution >= 4 is 23.0 Å². The first-order valence-corrected chi connectivity index (χ1v) is 6.87. The molecule has 2 aromatic heterocycles. The Bertz CT molecular complexity index is 755. The molecule has 1 unspecified atom stereocenters. The molecular formula is C14H16N4O3. The summed E-state index contributed by atoms with van der Waals surface area (Å²) in [6, 6.07) is 3.56. The van der Waals surface area contributed by atoms with Crippen molar-refractivity contribution in [1.82, 2.24) is 14.5 Å². The van der Waals surface area contributed by atoms with E-state index in [1.54, 1.807) is 30.3 Å². The molecule has 0 radical (unpaired) electrons. The highest BCUT2D eigenvalue weighted by Gasteiger charge is 2.28. The van der Waals surface area contributed by atoms with E-state index in [9.17, 15) is 9.59 Å². The van der Waals surface area contributed by atoms with Crippen molar-refractivity contribution in [3.8, 4) is 0 Å². The zero-order valence-electron chi connectivity index (χ0n) is 11.7. The second kappa shape index (κ2) is 5.16. The number of nitrogens with zero attached hydrogens (tertiary/aromatic N) is 4. The van der Waals surface area contributed by atoms with E-state index in [-0.39, 0.29) is 5.56 Å². The molecule has 7 heteroatoms. The van der Waals surface area contributed by atoms with Gasteiger partial charge in [0, 0.05) is 26.3 Å². The van der Waals surface area contributed by atoms with Gasteiger partial charge in [0.05, 0.1) is 5.92 Å². The van der Waals surface area contributed by atoms with E-state index in [0.29, 0.717) is 36.5 Å². The van der Waals surface area contributed by atoms with Gasteiger partial charge in [-0.25, -0.2) is 9.97 Å². The standard InChI is InChI=1S/C14H16N4O3/c1-17-11-10(5-2-6-15-11)16-12(13(17)19)18-7-3-4-9(8-18)14(20)21/h2,5-6,9H,3-4,7-8H2,1H3,(H,20,21). The van der Waals surface area contributed by atoms with Gasteiger partial charge in [-0.3, -0.25) is 14.2 Å². The molecule has 21 heavy (non-hydrogen) atoms. The largest absolute Gasteiger partial charge is 0.481 e. The molecule has 1 N–H and O–H groups in total. The predicted molar refractivity (Wildman–Crippen MR) is 77.4 cm³/mol. The number of piperidine rings is 1. The number of aromatic nitrogens is 3. The van der Waals surface area contributed by atoms with Crippen LogP contribution in [0.2, 0.25) is 0 Å². The highest BCUT2D eigenvalue weighted by Crippen LogP contribution is 2.20. The van der Waals surface area contributed by atoms with Crippen LogP contribution in [0.5, 0.6) is 0 Å². The second-order valence-corrected chi connectivity index (χ2v) is 5.27. The average Bonchev–Trinajstić information content (AvgIpc) is 2.51. The second-order valence-electron chi connectivity index (χ2n) is 5.27. The van der Waals surface area contributed by atoms with Crippen LogP contribution in [-0.4, -0.2) is 38.7 Å². The third-order valence-electron chi connectivity index (χ3n) is 3.88. The van der Waals surface area contributed by atoms with Crippen LogP contribution in [0.25, 0.3) is 11.2 Å². The van der Waals surface area contributed by atoms with E-state index in [2.05, 4.69) is 9.97 Å². The Morgan fingerprint density at radius 1 is 1.48 bits per heavy atom. The summed E-state index contributed by atoms with van der Waals surface area (Å²) in [5, 5.41) is 9.16. The molecule has 3 rings (SSSR count). The van der Waals surface area contributed by atoms with Crippen molar-refractivity contribution < 1.29 is 9.90 Å². The van der Waals surface area contributed by atoms with Crippen LogP contribution in [0.4, 0.5) is 5.82 Å². The monoisotopic (exact) mass is 288 g/mol. The van der Waals surface area contributed by atoms with E-state index in [1.165, 1.54) is 4.57 Å². The molecule has 7 nitrogen and oxygen atoms in total. The van der Waals surface area contributed by atoms with Crippen molar-refractivity contribution in [2.75, 3.05) is 18.0 Å². The fourth-order valence-corrected chi connectivity index (χ4v) is 2.72. The smallest absolute Gasteiger partial charge is 0.308 e. The van der Waals surface area contributed by atoms with E-state index in [4.69, 9.17) is 5.11 Å². The lowest BCUT2D eigenvalue weighted by molar-refractivity contribution is -0.141. The number of pyridine rings is 1. The highest BCUT2D eigenvalue weighted by atomic mass is 16.4. The molecule has 0 saturated carbocycles. The van der Waals surface area contributed by atoms with E-state index in [1.807, 2.05) is 0 Å². The van der Waals surface area contributed by atoms with Gasteiger partial charge < -0.3 is 10.0 Å². The van der Waals surface area contributed by atoms with Crippen molar-refractivity contribution in [2.45, 2.75) is 12.8 Å². The number of hydrogen-bond acceptors (Lipinski definition) is 5. The number of anilines is 1. The molecule has 3 heterocycles. The normalized spacial score (nSPS) is 18.9. The maximum atomic E-state index is 12.4. The number of carboxylic acid groups (broad SMARTS) is 1. The highest BCUT2D eigenvalue weighted by molar-refractivity contribution is 5.73. The first kappa shape index (κ1) is 13.5. The Morgan fingerprint density at radius 2 is 2.29 bits per heavy atom. The number of aliphatic carboxylic acids is 1. The Kier molecular flexibility index (Phi) is 3.32. The molecule has 110 valence electrons. The van der Waals surface area contributed by atoms with Crippen LogP contribution in [0.1, 0.15) is 12.8 Å². The van der Waals surface area contributed by atoms with Crippen LogP contribution in [0.15, 0.2) is 23.1 Å². The molecule has 0 aliphatic carbocycles. The molecule has 1 atom stereocenters. The molecular weight excluding hydrogens is 272 g/mol. The van der Waals surface area contributed by atoms with E-state index >= 15 is 0 Å². The van der Waals surface area contributed by atoms with E-state index in [0.717, 1.165) is 6.42 Å². The Labute approximate surface area is 120 Å². The van der Waals surface area contributed by atoms with Gasteiger partial charge in [-0.15, -0.1) is 0 Å². The molecule has 1 aliphatic heterocycles. The average molecular weight is 288 g/mol. The van der Waals surface area contributed by atoms with Crippen molar-refractivity contribution in [1.29, 1.82) is 0 Å². The molecule has 2 aromatic rings. The van der Waals surface area contributed by atoms with Crippen LogP contribution in [0, 0.1) is 5.92 Å². The number of carboxylic acids is 1. The fraction of sp³-hybridized carbons (Fsp3) is 0.429. The Balaban J connectivity index is 2.06. The van der Waals surface area contributed by atoms with Gasteiger partial charge in [0.1, 0.15) is 5.52 Å². The SMILES string of the molecule is Cn1c(=O)c(N2CCCC(C(=O)O)C2)nc2cccnc21. The van der Waals surface area contributed by atoms with Gasteiger partial charge in [0.15, 0.2) is 11.5 Å². The summed E-state index contributed by atoms with van der Waals surface area (Å²) in [5.41, 5.74) is 0.914. The molecule has 0 bridgehead atoms. The fourth-order valence-electron chi connectivity index (χ4n) is 2.72. The van der Waals surface area contributed by atoms with Crippen molar-refractivity contribution in [2.24, 2.45) is 13.0 Å². The summed E-state index contributed by atoms with van der Waals surface area (Å²) in [7, 11) is 1.65. The Morgan fingerprint density at radius 3 is 3.05 bits per heavy atom. The first-order valence-electron chi connectivity index (χ1n) is 6.87. The number of carbonyl (C=O) groups is 1. The lowest BCUT2D eigenvalue weighted by Gasteiger charge is -2.31.